The summed E-state index contributed by atoms with van der Waals surface area (Å²) in [7, 11) is 1.55. The third-order valence-electron chi connectivity index (χ3n) is 8.39. The van der Waals surface area contributed by atoms with Crippen LogP contribution in [0.1, 0.15) is 37.8 Å². The van der Waals surface area contributed by atoms with Crippen LogP contribution in [0.15, 0.2) is 54.6 Å². The van der Waals surface area contributed by atoms with Crippen LogP contribution in [0.3, 0.4) is 0 Å². The standard InChI is InChI=1S/C32H41N3O8S/c1-32(2)27(28(37)33-17-20-9-5-4-6-10-20)35(19-44-32)29(38)26(36)24(16-21-11-7-12-22(15-21)40-3)34-31(39)43-25-18-42-30-23(25)13-8-14-41-30/h4-7,9-12,15,23-27,30,36H,8,13-14,16-19H2,1-3H3,(H,33,37)(H,34,39)/t23-,24-,25-,26-,27+,30+/m0/s1. The van der Waals surface area contributed by atoms with E-state index in [-0.39, 0.29) is 30.7 Å². The van der Waals surface area contributed by atoms with Gasteiger partial charge in [0.15, 0.2) is 12.4 Å². The number of rotatable bonds is 10. The molecule has 3 N–H and O–H groups in total. The number of hydrogen-bond donors (Lipinski definition) is 3. The molecule has 0 unspecified atom stereocenters. The van der Waals surface area contributed by atoms with Crippen molar-refractivity contribution in [3.63, 3.8) is 0 Å². The van der Waals surface area contributed by atoms with Gasteiger partial charge in [0, 0.05) is 23.8 Å². The van der Waals surface area contributed by atoms with Crippen LogP contribution in [-0.2, 0) is 36.8 Å². The number of nitrogens with one attached hydrogen (secondary N) is 2. The maximum Gasteiger partial charge on any atom is 0.407 e. The molecule has 3 aliphatic rings. The summed E-state index contributed by atoms with van der Waals surface area (Å²) >= 11 is 1.46. The fourth-order valence-electron chi connectivity index (χ4n) is 6.00. The van der Waals surface area contributed by atoms with Gasteiger partial charge in [-0.3, -0.25) is 9.59 Å². The van der Waals surface area contributed by atoms with E-state index in [1.807, 2.05) is 50.2 Å². The number of amides is 3. The minimum Gasteiger partial charge on any atom is -0.497 e. The van der Waals surface area contributed by atoms with Crippen molar-refractivity contribution >= 4 is 29.7 Å². The summed E-state index contributed by atoms with van der Waals surface area (Å²) in [6, 6.07) is 14.8. The Bertz CT molecular complexity index is 1310. The van der Waals surface area contributed by atoms with E-state index < -0.39 is 47.3 Å². The Morgan fingerprint density at radius 1 is 1.11 bits per heavy atom. The first kappa shape index (κ1) is 32.1. The monoisotopic (exact) mass is 627 g/mol. The van der Waals surface area contributed by atoms with Gasteiger partial charge in [-0.2, -0.15) is 0 Å². The molecule has 238 valence electrons. The zero-order valence-corrected chi connectivity index (χ0v) is 26.1. The van der Waals surface area contributed by atoms with E-state index in [0.29, 0.717) is 18.9 Å². The average molecular weight is 628 g/mol. The lowest BCUT2D eigenvalue weighted by atomic mass is 9.96. The van der Waals surface area contributed by atoms with E-state index in [4.69, 9.17) is 18.9 Å². The number of aliphatic hydroxyl groups is 1. The van der Waals surface area contributed by atoms with Gasteiger partial charge in [0.25, 0.3) is 5.91 Å². The summed E-state index contributed by atoms with van der Waals surface area (Å²) in [4.78, 5) is 42.0. The lowest BCUT2D eigenvalue weighted by Crippen LogP contribution is -2.58. The van der Waals surface area contributed by atoms with Gasteiger partial charge in [-0.25, -0.2) is 4.79 Å². The van der Waals surface area contributed by atoms with Gasteiger partial charge in [0.1, 0.15) is 17.9 Å². The van der Waals surface area contributed by atoms with Gasteiger partial charge >= 0.3 is 6.09 Å². The second-order valence-electron chi connectivity index (χ2n) is 11.9. The normalized spacial score (nSPS) is 25.4. The Labute approximate surface area is 261 Å². The minimum absolute atomic E-state index is 0.0723. The zero-order chi connectivity index (χ0) is 31.3. The number of hydrogen-bond acceptors (Lipinski definition) is 9. The molecule has 0 saturated carbocycles. The predicted molar refractivity (Wildman–Crippen MR) is 164 cm³/mol. The van der Waals surface area contributed by atoms with Crippen LogP contribution in [-0.4, -0.2) is 89.4 Å². The zero-order valence-electron chi connectivity index (χ0n) is 25.3. The minimum atomic E-state index is -1.65. The van der Waals surface area contributed by atoms with Crippen LogP contribution < -0.4 is 15.4 Å². The van der Waals surface area contributed by atoms with E-state index in [1.165, 1.54) is 16.7 Å². The van der Waals surface area contributed by atoms with Crippen molar-refractivity contribution in [1.82, 2.24) is 15.5 Å². The first-order chi connectivity index (χ1) is 21.2. The molecule has 3 fully saturated rings. The number of thioether (sulfide) groups is 1. The third kappa shape index (κ3) is 7.48. The molecule has 0 aromatic heterocycles. The summed E-state index contributed by atoms with van der Waals surface area (Å²) < 4.78 is 21.8. The van der Waals surface area contributed by atoms with Crippen LogP contribution in [0.4, 0.5) is 4.79 Å². The molecule has 6 atom stereocenters. The summed E-state index contributed by atoms with van der Waals surface area (Å²) in [6.45, 7) is 4.93. The highest BCUT2D eigenvalue weighted by molar-refractivity contribution is 8.00. The van der Waals surface area contributed by atoms with Crippen molar-refractivity contribution in [3.8, 4) is 5.75 Å². The largest absolute Gasteiger partial charge is 0.497 e. The van der Waals surface area contributed by atoms with E-state index in [1.54, 1.807) is 25.3 Å². The van der Waals surface area contributed by atoms with Crippen molar-refractivity contribution in [1.29, 1.82) is 0 Å². The highest BCUT2D eigenvalue weighted by atomic mass is 32.2. The molecule has 2 aromatic rings. The van der Waals surface area contributed by atoms with Gasteiger partial charge < -0.3 is 39.6 Å². The topological polar surface area (TPSA) is 136 Å². The Morgan fingerprint density at radius 2 is 1.89 bits per heavy atom. The molecule has 12 heteroatoms. The quantitative estimate of drug-likeness (QED) is 0.363. The number of aliphatic hydroxyl groups excluding tert-OH is 1. The molecule has 0 spiro atoms. The van der Waals surface area contributed by atoms with E-state index in [2.05, 4.69) is 10.6 Å². The number of carbonyl (C=O) groups is 3. The van der Waals surface area contributed by atoms with Gasteiger partial charge in [-0.15, -0.1) is 11.8 Å². The fraction of sp³-hybridized carbons (Fsp3) is 0.531. The summed E-state index contributed by atoms with van der Waals surface area (Å²) in [5.41, 5.74) is 1.67. The van der Waals surface area contributed by atoms with E-state index >= 15 is 0 Å². The van der Waals surface area contributed by atoms with Crippen LogP contribution in [0, 0.1) is 5.92 Å². The molecule has 3 saturated heterocycles. The summed E-state index contributed by atoms with van der Waals surface area (Å²) in [5, 5.41) is 17.2. The number of ether oxygens (including phenoxy) is 4. The smallest absolute Gasteiger partial charge is 0.407 e. The van der Waals surface area contributed by atoms with Crippen molar-refractivity contribution in [3.05, 3.63) is 65.7 Å². The first-order valence-electron chi connectivity index (χ1n) is 14.9. The Hall–Kier alpha value is -3.32. The molecule has 2 aromatic carbocycles. The molecule has 0 bridgehead atoms. The van der Waals surface area contributed by atoms with Gasteiger partial charge in [0.2, 0.25) is 5.91 Å². The molecule has 5 rings (SSSR count). The van der Waals surface area contributed by atoms with Crippen LogP contribution in [0.25, 0.3) is 0 Å². The third-order valence-corrected chi connectivity index (χ3v) is 9.76. The lowest BCUT2D eigenvalue weighted by Gasteiger charge is -2.33. The van der Waals surface area contributed by atoms with E-state index in [9.17, 15) is 19.5 Å². The molecule has 3 heterocycles. The maximum atomic E-state index is 13.9. The fourth-order valence-corrected chi connectivity index (χ4v) is 7.14. The second kappa shape index (κ2) is 14.2. The van der Waals surface area contributed by atoms with Crippen molar-refractivity contribution in [2.45, 2.75) is 75.0 Å². The Morgan fingerprint density at radius 3 is 2.66 bits per heavy atom. The number of alkyl carbamates (subject to hydrolysis) is 1. The number of methoxy groups -OCH3 is 1. The molecular formula is C32H41N3O8S. The van der Waals surface area contributed by atoms with Crippen molar-refractivity contribution in [2.75, 3.05) is 26.2 Å². The van der Waals surface area contributed by atoms with Crippen LogP contribution >= 0.6 is 11.8 Å². The second-order valence-corrected chi connectivity index (χ2v) is 13.5. The molecule has 3 amide bonds. The molecule has 0 aliphatic carbocycles. The van der Waals surface area contributed by atoms with Gasteiger partial charge in [0.05, 0.1) is 25.6 Å². The molecule has 0 radical (unpaired) electrons. The highest BCUT2D eigenvalue weighted by Gasteiger charge is 2.50. The molecule has 11 nitrogen and oxygen atoms in total. The lowest BCUT2D eigenvalue weighted by molar-refractivity contribution is -0.152. The predicted octanol–water partition coefficient (Wildman–Crippen LogP) is 2.84. The highest BCUT2D eigenvalue weighted by Crippen LogP contribution is 2.40. The number of fused-ring (bicyclic) bond motifs is 1. The van der Waals surface area contributed by atoms with E-state index in [0.717, 1.165) is 24.0 Å². The van der Waals surface area contributed by atoms with Crippen LogP contribution in [0.5, 0.6) is 5.75 Å². The van der Waals surface area contributed by atoms with Crippen molar-refractivity contribution in [2.24, 2.45) is 5.92 Å². The Balaban J connectivity index is 1.31. The van der Waals surface area contributed by atoms with Gasteiger partial charge in [-0.1, -0.05) is 42.5 Å². The van der Waals surface area contributed by atoms with Crippen molar-refractivity contribution < 1.29 is 38.4 Å². The number of benzene rings is 2. The molecule has 44 heavy (non-hydrogen) atoms. The summed E-state index contributed by atoms with van der Waals surface area (Å²) in [5.74, 6) is -0.223. The molecule has 3 aliphatic heterocycles. The number of nitrogens with zero attached hydrogens (tertiary/aromatic N) is 1. The number of carbonyl (C=O) groups excluding carboxylic acids is 3. The summed E-state index contributed by atoms with van der Waals surface area (Å²) in [6.07, 6.45) is -1.54. The Kier molecular flexibility index (Phi) is 10.3. The first-order valence-corrected chi connectivity index (χ1v) is 15.9. The maximum absolute atomic E-state index is 13.9. The molecular weight excluding hydrogens is 586 g/mol. The SMILES string of the molecule is COc1cccc(C[C@H](NC(=O)O[C@H]2CO[C@H]3OCCC[C@H]32)[C@H](O)C(=O)N2CSC(C)(C)[C@H]2C(=O)NCc2ccccc2)c1. The van der Waals surface area contributed by atoms with Crippen LogP contribution in [0.2, 0.25) is 0 Å². The average Bonchev–Trinajstić information content (AvgIpc) is 3.58. The van der Waals surface area contributed by atoms with Gasteiger partial charge in [-0.05, 0) is 56.4 Å².